The van der Waals surface area contributed by atoms with Crippen molar-refractivity contribution in [2.75, 3.05) is 31.1 Å². The summed E-state index contributed by atoms with van der Waals surface area (Å²) in [5.74, 6) is 1.07. The number of anilines is 1. The third-order valence-corrected chi connectivity index (χ3v) is 5.09. The molecule has 0 N–H and O–H groups in total. The zero-order valence-corrected chi connectivity index (χ0v) is 15.3. The molecule has 3 aromatic rings. The molecule has 5 heteroatoms. The van der Waals surface area contributed by atoms with Crippen molar-refractivity contribution in [1.82, 2.24) is 9.88 Å². The standard InChI is InChI=1S/C20H18BrN3O/c21-16-8-9-19(22-14-16)23-10-12-24(13-11-23)20(25)18-7-3-5-15-4-1-2-6-17(15)18/h1-9,14H,10-13H2. The Balaban J connectivity index is 1.50. The zero-order chi connectivity index (χ0) is 17.2. The van der Waals surface area contributed by atoms with Crippen LogP contribution in [-0.2, 0) is 0 Å². The molecule has 1 aromatic heterocycles. The topological polar surface area (TPSA) is 36.4 Å². The largest absolute Gasteiger partial charge is 0.353 e. The van der Waals surface area contributed by atoms with Crippen LogP contribution in [0.25, 0.3) is 10.8 Å². The SMILES string of the molecule is O=C(c1cccc2ccccc12)N1CCN(c2ccc(Br)cn2)CC1. The lowest BCUT2D eigenvalue weighted by Gasteiger charge is -2.35. The van der Waals surface area contributed by atoms with Crippen LogP contribution in [0, 0.1) is 0 Å². The number of nitrogens with zero attached hydrogens (tertiary/aromatic N) is 3. The highest BCUT2D eigenvalue weighted by atomic mass is 79.9. The Labute approximate surface area is 155 Å². The van der Waals surface area contributed by atoms with Crippen LogP contribution in [0.15, 0.2) is 65.3 Å². The first-order valence-electron chi connectivity index (χ1n) is 8.36. The Morgan fingerprint density at radius 3 is 2.44 bits per heavy atom. The summed E-state index contributed by atoms with van der Waals surface area (Å²) in [5, 5.41) is 2.12. The molecule has 2 aromatic carbocycles. The molecule has 0 bridgehead atoms. The van der Waals surface area contributed by atoms with Gasteiger partial charge in [-0.1, -0.05) is 36.4 Å². The second-order valence-corrected chi connectivity index (χ2v) is 7.06. The van der Waals surface area contributed by atoms with E-state index in [1.807, 2.05) is 65.7 Å². The summed E-state index contributed by atoms with van der Waals surface area (Å²) < 4.78 is 0.973. The maximum absolute atomic E-state index is 13.0. The second kappa shape index (κ2) is 6.84. The van der Waals surface area contributed by atoms with Crippen molar-refractivity contribution in [2.45, 2.75) is 0 Å². The van der Waals surface area contributed by atoms with Crippen molar-refractivity contribution in [2.24, 2.45) is 0 Å². The van der Waals surface area contributed by atoms with Crippen LogP contribution in [0.1, 0.15) is 10.4 Å². The fraction of sp³-hybridized carbons (Fsp3) is 0.200. The molecule has 2 heterocycles. The highest BCUT2D eigenvalue weighted by Crippen LogP contribution is 2.22. The first kappa shape index (κ1) is 16.1. The van der Waals surface area contributed by atoms with Gasteiger partial charge in [0.15, 0.2) is 0 Å². The van der Waals surface area contributed by atoms with Gasteiger partial charge < -0.3 is 9.80 Å². The van der Waals surface area contributed by atoms with Crippen molar-refractivity contribution >= 4 is 38.4 Å². The number of rotatable bonds is 2. The van der Waals surface area contributed by atoms with E-state index in [-0.39, 0.29) is 5.91 Å². The molecule has 0 spiro atoms. The first-order chi connectivity index (χ1) is 12.2. The third kappa shape index (κ3) is 3.24. The molecule has 1 aliphatic rings. The number of pyridine rings is 1. The van der Waals surface area contributed by atoms with Gasteiger partial charge >= 0.3 is 0 Å². The van der Waals surface area contributed by atoms with Crippen LogP contribution >= 0.6 is 15.9 Å². The van der Waals surface area contributed by atoms with Crippen LogP contribution in [0.2, 0.25) is 0 Å². The molecule has 1 saturated heterocycles. The van der Waals surface area contributed by atoms with Crippen LogP contribution in [-0.4, -0.2) is 42.0 Å². The van der Waals surface area contributed by atoms with Crippen LogP contribution in [0.5, 0.6) is 0 Å². The monoisotopic (exact) mass is 395 g/mol. The number of aromatic nitrogens is 1. The molecule has 0 unspecified atom stereocenters. The number of carbonyl (C=O) groups excluding carboxylic acids is 1. The van der Waals surface area contributed by atoms with E-state index in [1.165, 1.54) is 0 Å². The van der Waals surface area contributed by atoms with E-state index in [4.69, 9.17) is 0 Å². The number of hydrogen-bond donors (Lipinski definition) is 0. The summed E-state index contributed by atoms with van der Waals surface area (Å²) in [6.45, 7) is 3.01. The minimum Gasteiger partial charge on any atom is -0.353 e. The van der Waals surface area contributed by atoms with Gasteiger partial charge in [0.25, 0.3) is 5.91 Å². The van der Waals surface area contributed by atoms with Gasteiger partial charge in [-0.25, -0.2) is 4.98 Å². The van der Waals surface area contributed by atoms with Gasteiger partial charge in [0, 0.05) is 42.4 Å². The summed E-state index contributed by atoms with van der Waals surface area (Å²) in [5.41, 5.74) is 0.785. The van der Waals surface area contributed by atoms with Gasteiger partial charge in [0.2, 0.25) is 0 Å². The Morgan fingerprint density at radius 2 is 1.68 bits per heavy atom. The highest BCUT2D eigenvalue weighted by molar-refractivity contribution is 9.10. The average Bonchev–Trinajstić information content (AvgIpc) is 2.68. The number of amides is 1. The molecule has 1 aliphatic heterocycles. The van der Waals surface area contributed by atoms with Gasteiger partial charge in [-0.05, 0) is 44.9 Å². The third-order valence-electron chi connectivity index (χ3n) is 4.62. The average molecular weight is 396 g/mol. The molecule has 1 amide bonds. The number of hydrogen-bond acceptors (Lipinski definition) is 3. The number of piperazine rings is 1. The van der Waals surface area contributed by atoms with Gasteiger partial charge in [0.1, 0.15) is 5.82 Å². The Bertz CT molecular complexity index is 897. The van der Waals surface area contributed by atoms with E-state index >= 15 is 0 Å². The van der Waals surface area contributed by atoms with Crippen molar-refractivity contribution in [3.63, 3.8) is 0 Å². The number of benzene rings is 2. The van der Waals surface area contributed by atoms with Crippen LogP contribution in [0.3, 0.4) is 0 Å². The Hall–Kier alpha value is -2.40. The van der Waals surface area contributed by atoms with Crippen LogP contribution < -0.4 is 4.90 Å². The Kier molecular flexibility index (Phi) is 4.40. The van der Waals surface area contributed by atoms with Gasteiger partial charge in [0.05, 0.1) is 0 Å². The van der Waals surface area contributed by atoms with Crippen molar-refractivity contribution < 1.29 is 4.79 Å². The molecule has 0 atom stereocenters. The molecule has 4 rings (SSSR count). The second-order valence-electron chi connectivity index (χ2n) is 6.14. The molecule has 1 fully saturated rings. The normalized spacial score (nSPS) is 14.8. The van der Waals surface area contributed by atoms with E-state index in [9.17, 15) is 4.79 Å². The maximum Gasteiger partial charge on any atom is 0.254 e. The fourth-order valence-corrected chi connectivity index (χ4v) is 3.51. The molecule has 25 heavy (non-hydrogen) atoms. The quantitative estimate of drug-likeness (QED) is 0.658. The molecule has 4 nitrogen and oxygen atoms in total. The molecule has 126 valence electrons. The highest BCUT2D eigenvalue weighted by Gasteiger charge is 2.23. The van der Waals surface area contributed by atoms with Crippen molar-refractivity contribution in [3.8, 4) is 0 Å². The summed E-state index contributed by atoms with van der Waals surface area (Å²) in [6.07, 6.45) is 1.81. The van der Waals surface area contributed by atoms with E-state index in [0.717, 1.165) is 39.7 Å². The van der Waals surface area contributed by atoms with Crippen molar-refractivity contribution in [3.05, 3.63) is 70.8 Å². The smallest absolute Gasteiger partial charge is 0.254 e. The number of halogens is 1. The van der Waals surface area contributed by atoms with Gasteiger partial charge in [-0.2, -0.15) is 0 Å². The molecule has 0 aliphatic carbocycles. The molecular weight excluding hydrogens is 378 g/mol. The molecular formula is C20H18BrN3O. The summed E-state index contributed by atoms with van der Waals surface area (Å²) in [6, 6.07) is 18.0. The minimum atomic E-state index is 0.111. The Morgan fingerprint density at radius 1 is 0.920 bits per heavy atom. The van der Waals surface area contributed by atoms with Gasteiger partial charge in [-0.15, -0.1) is 0 Å². The van der Waals surface area contributed by atoms with Crippen molar-refractivity contribution in [1.29, 1.82) is 0 Å². The van der Waals surface area contributed by atoms with E-state index in [2.05, 4.69) is 25.8 Å². The van der Waals surface area contributed by atoms with E-state index in [0.29, 0.717) is 13.1 Å². The number of fused-ring (bicyclic) bond motifs is 1. The van der Waals surface area contributed by atoms with E-state index in [1.54, 1.807) is 0 Å². The number of carbonyl (C=O) groups is 1. The summed E-state index contributed by atoms with van der Waals surface area (Å²) >= 11 is 3.41. The molecule has 0 saturated carbocycles. The predicted octanol–water partition coefficient (Wildman–Crippen LogP) is 3.96. The van der Waals surface area contributed by atoms with Crippen LogP contribution in [0.4, 0.5) is 5.82 Å². The zero-order valence-electron chi connectivity index (χ0n) is 13.7. The predicted molar refractivity (Wildman–Crippen MR) is 104 cm³/mol. The maximum atomic E-state index is 13.0. The summed E-state index contributed by atoms with van der Waals surface area (Å²) in [4.78, 5) is 21.6. The lowest BCUT2D eigenvalue weighted by atomic mass is 10.0. The lowest BCUT2D eigenvalue weighted by molar-refractivity contribution is 0.0748. The fourth-order valence-electron chi connectivity index (χ4n) is 3.28. The van der Waals surface area contributed by atoms with Gasteiger partial charge in [-0.3, -0.25) is 4.79 Å². The minimum absolute atomic E-state index is 0.111. The van der Waals surface area contributed by atoms with E-state index < -0.39 is 0 Å². The first-order valence-corrected chi connectivity index (χ1v) is 9.15. The lowest BCUT2D eigenvalue weighted by Crippen LogP contribution is -2.49. The summed E-state index contributed by atoms with van der Waals surface area (Å²) in [7, 11) is 0. The molecule has 0 radical (unpaired) electrons.